The van der Waals surface area contributed by atoms with Gasteiger partial charge in [0.25, 0.3) is 0 Å². The summed E-state index contributed by atoms with van der Waals surface area (Å²) >= 11 is 0. The van der Waals surface area contributed by atoms with Gasteiger partial charge in [0, 0.05) is 0 Å². The second kappa shape index (κ2) is 5.68. The fourth-order valence-corrected chi connectivity index (χ4v) is 1.45. The maximum Gasteiger partial charge on any atom is 0.387 e. The number of carbonyl (C=O) groups is 2. The van der Waals surface area contributed by atoms with Crippen molar-refractivity contribution in [2.24, 2.45) is 0 Å². The number of para-hydroxylation sites is 1. The van der Waals surface area contributed by atoms with E-state index in [9.17, 15) is 9.59 Å². The Morgan fingerprint density at radius 3 is 2.05 bits per heavy atom. The summed E-state index contributed by atoms with van der Waals surface area (Å²) in [6, 6.07) is 14.2. The summed E-state index contributed by atoms with van der Waals surface area (Å²) in [5.41, 5.74) is -0.199. The predicted octanol–water partition coefficient (Wildman–Crippen LogP) is 2.54. The van der Waals surface area contributed by atoms with Crippen LogP contribution in [-0.4, -0.2) is 17.0 Å². The summed E-state index contributed by atoms with van der Waals surface area (Å²) in [6.45, 7) is 0. The normalized spacial score (nSPS) is 9.68. The van der Waals surface area contributed by atoms with Crippen LogP contribution in [0.3, 0.4) is 0 Å². The molecule has 0 spiro atoms. The van der Waals surface area contributed by atoms with Crippen molar-refractivity contribution in [3.63, 3.8) is 0 Å². The second-order valence-electron chi connectivity index (χ2n) is 3.62. The van der Waals surface area contributed by atoms with Gasteiger partial charge in [-0.3, -0.25) is 4.89 Å². The van der Waals surface area contributed by atoms with Gasteiger partial charge in [-0.1, -0.05) is 30.3 Å². The lowest BCUT2D eigenvalue weighted by Gasteiger charge is -2.06. The number of hydrogen-bond donors (Lipinski definition) is 1. The number of aromatic carboxylic acids is 1. The molecule has 2 aromatic rings. The molecule has 0 bridgehead atoms. The Kier molecular flexibility index (Phi) is 3.78. The number of carboxylic acids is 1. The zero-order valence-corrected chi connectivity index (χ0v) is 9.78. The number of benzene rings is 2. The summed E-state index contributed by atoms with van der Waals surface area (Å²) in [4.78, 5) is 32.1. The number of hydrogen-bond acceptors (Lipinski definition) is 4. The Bertz CT molecular complexity index is 592. The molecule has 5 nitrogen and oxygen atoms in total. The molecular formula is C14H10O5. The van der Waals surface area contributed by atoms with E-state index in [-0.39, 0.29) is 11.1 Å². The number of carboxylic acid groups (broad SMARTS) is 1. The first-order valence-electron chi connectivity index (χ1n) is 5.44. The van der Waals surface area contributed by atoms with E-state index < -0.39 is 11.9 Å². The molecule has 0 aliphatic rings. The first-order chi connectivity index (χ1) is 9.18. The van der Waals surface area contributed by atoms with Gasteiger partial charge in [-0.25, -0.2) is 14.5 Å². The largest absolute Gasteiger partial charge is 0.478 e. The lowest BCUT2D eigenvalue weighted by atomic mass is 10.1. The van der Waals surface area contributed by atoms with Crippen LogP contribution in [0.1, 0.15) is 20.7 Å². The fraction of sp³-hybridized carbons (Fsp3) is 0. The lowest BCUT2D eigenvalue weighted by molar-refractivity contribution is -0.149. The van der Waals surface area contributed by atoms with E-state index in [1.807, 2.05) is 0 Å². The summed E-state index contributed by atoms with van der Waals surface area (Å²) in [5, 5.41) is 8.95. The van der Waals surface area contributed by atoms with Crippen molar-refractivity contribution in [2.45, 2.75) is 0 Å². The predicted molar refractivity (Wildman–Crippen MR) is 65.9 cm³/mol. The molecule has 0 amide bonds. The highest BCUT2D eigenvalue weighted by Gasteiger charge is 2.18. The van der Waals surface area contributed by atoms with Gasteiger partial charge in [-0.2, -0.15) is 0 Å². The SMILES string of the molecule is O=C(O)c1ccccc1C(=O)OOc1ccccc1. The van der Waals surface area contributed by atoms with Gasteiger partial charge in [0.05, 0.1) is 11.1 Å². The quantitative estimate of drug-likeness (QED) is 0.673. The Labute approximate surface area is 108 Å². The zero-order valence-electron chi connectivity index (χ0n) is 9.78. The second-order valence-corrected chi connectivity index (χ2v) is 3.62. The van der Waals surface area contributed by atoms with Crippen LogP contribution in [-0.2, 0) is 4.89 Å². The molecule has 0 heterocycles. The molecule has 0 saturated heterocycles. The molecule has 0 aliphatic carbocycles. The molecule has 0 aliphatic heterocycles. The summed E-state index contributed by atoms with van der Waals surface area (Å²) in [5.74, 6) is -1.71. The fourth-order valence-electron chi connectivity index (χ4n) is 1.45. The molecule has 96 valence electrons. The average molecular weight is 258 g/mol. The third kappa shape index (κ3) is 3.10. The van der Waals surface area contributed by atoms with E-state index in [0.717, 1.165) is 0 Å². The highest BCUT2D eigenvalue weighted by Crippen LogP contribution is 2.13. The minimum absolute atomic E-state index is 0.0640. The third-order valence-corrected chi connectivity index (χ3v) is 2.33. The van der Waals surface area contributed by atoms with Gasteiger partial charge >= 0.3 is 11.9 Å². The van der Waals surface area contributed by atoms with Gasteiger partial charge in [-0.15, -0.1) is 0 Å². The number of carbonyl (C=O) groups excluding carboxylic acids is 1. The highest BCUT2D eigenvalue weighted by atomic mass is 17.2. The minimum Gasteiger partial charge on any atom is -0.478 e. The molecule has 0 aromatic heterocycles. The molecule has 0 fully saturated rings. The van der Waals surface area contributed by atoms with E-state index in [1.165, 1.54) is 18.2 Å². The van der Waals surface area contributed by atoms with Crippen molar-refractivity contribution in [1.29, 1.82) is 0 Å². The van der Waals surface area contributed by atoms with E-state index in [0.29, 0.717) is 5.75 Å². The Morgan fingerprint density at radius 1 is 0.842 bits per heavy atom. The molecule has 0 radical (unpaired) electrons. The van der Waals surface area contributed by atoms with Gasteiger partial charge in [-0.05, 0) is 24.3 Å². The summed E-state index contributed by atoms with van der Waals surface area (Å²) < 4.78 is 0. The van der Waals surface area contributed by atoms with Crippen LogP contribution in [0.4, 0.5) is 0 Å². The van der Waals surface area contributed by atoms with Crippen LogP contribution in [0.25, 0.3) is 0 Å². The standard InChI is InChI=1S/C14H10O5/c15-13(16)11-8-4-5-9-12(11)14(17)19-18-10-6-2-1-3-7-10/h1-9H,(H,15,16). The van der Waals surface area contributed by atoms with E-state index >= 15 is 0 Å². The monoisotopic (exact) mass is 258 g/mol. The molecule has 2 aromatic carbocycles. The lowest BCUT2D eigenvalue weighted by Crippen LogP contribution is -2.13. The summed E-state index contributed by atoms with van der Waals surface area (Å²) in [7, 11) is 0. The molecule has 0 unspecified atom stereocenters. The van der Waals surface area contributed by atoms with Crippen LogP contribution >= 0.6 is 0 Å². The van der Waals surface area contributed by atoms with Gasteiger partial charge in [0.15, 0.2) is 5.75 Å². The maximum absolute atomic E-state index is 11.7. The van der Waals surface area contributed by atoms with Crippen LogP contribution in [0.15, 0.2) is 54.6 Å². The van der Waals surface area contributed by atoms with Crippen molar-refractivity contribution in [1.82, 2.24) is 0 Å². The van der Waals surface area contributed by atoms with Crippen molar-refractivity contribution >= 4 is 11.9 Å². The topological polar surface area (TPSA) is 72.8 Å². The van der Waals surface area contributed by atoms with Crippen LogP contribution in [0.5, 0.6) is 5.75 Å². The van der Waals surface area contributed by atoms with Gasteiger partial charge < -0.3 is 5.11 Å². The highest BCUT2D eigenvalue weighted by molar-refractivity contribution is 6.02. The van der Waals surface area contributed by atoms with Crippen molar-refractivity contribution < 1.29 is 24.5 Å². The smallest absolute Gasteiger partial charge is 0.387 e. The van der Waals surface area contributed by atoms with E-state index in [1.54, 1.807) is 36.4 Å². The van der Waals surface area contributed by atoms with E-state index in [4.69, 9.17) is 9.99 Å². The molecule has 5 heteroatoms. The van der Waals surface area contributed by atoms with Crippen molar-refractivity contribution in [3.8, 4) is 5.75 Å². The summed E-state index contributed by atoms with van der Waals surface area (Å²) in [6.07, 6.45) is 0. The van der Waals surface area contributed by atoms with Crippen LogP contribution in [0.2, 0.25) is 0 Å². The van der Waals surface area contributed by atoms with Crippen molar-refractivity contribution in [2.75, 3.05) is 0 Å². The minimum atomic E-state index is -1.20. The Balaban J connectivity index is 2.10. The Hall–Kier alpha value is -2.82. The molecule has 1 N–H and O–H groups in total. The molecule has 2 rings (SSSR count). The van der Waals surface area contributed by atoms with Crippen LogP contribution in [0, 0.1) is 0 Å². The van der Waals surface area contributed by atoms with Gasteiger partial charge in [0.1, 0.15) is 0 Å². The van der Waals surface area contributed by atoms with E-state index in [2.05, 4.69) is 4.89 Å². The molecular weight excluding hydrogens is 248 g/mol. The molecule has 0 saturated carbocycles. The molecule has 19 heavy (non-hydrogen) atoms. The molecule has 0 atom stereocenters. The van der Waals surface area contributed by atoms with Crippen molar-refractivity contribution in [3.05, 3.63) is 65.7 Å². The first kappa shape index (κ1) is 12.6. The number of rotatable bonds is 4. The third-order valence-electron chi connectivity index (χ3n) is 2.33. The Morgan fingerprint density at radius 2 is 1.42 bits per heavy atom. The van der Waals surface area contributed by atoms with Gasteiger partial charge in [0.2, 0.25) is 0 Å². The average Bonchev–Trinajstić information content (AvgIpc) is 2.46. The van der Waals surface area contributed by atoms with Crippen LogP contribution < -0.4 is 4.89 Å². The zero-order chi connectivity index (χ0) is 13.7. The maximum atomic E-state index is 11.7. The first-order valence-corrected chi connectivity index (χ1v) is 5.44.